The molecule has 7 heteroatoms. The second-order valence-electron chi connectivity index (χ2n) is 6.42. The third kappa shape index (κ3) is 2.74. The molecule has 1 heterocycles. The van der Waals surface area contributed by atoms with Gasteiger partial charge in [-0.1, -0.05) is 0 Å². The van der Waals surface area contributed by atoms with Crippen LogP contribution in [0.4, 0.5) is 8.78 Å². The maximum atomic E-state index is 13.1. The van der Waals surface area contributed by atoms with Gasteiger partial charge in [-0.25, -0.2) is 8.78 Å². The molecule has 1 aromatic rings. The molecular weight excluding hydrogens is 265 g/mol. The van der Waals surface area contributed by atoms with Gasteiger partial charge in [0.2, 0.25) is 0 Å². The van der Waals surface area contributed by atoms with Gasteiger partial charge in [-0.3, -0.25) is 4.68 Å². The van der Waals surface area contributed by atoms with E-state index in [-0.39, 0.29) is 6.42 Å². The second kappa shape index (κ2) is 4.53. The highest BCUT2D eigenvalue weighted by Crippen LogP contribution is 2.52. The van der Waals surface area contributed by atoms with E-state index in [1.165, 1.54) is 18.4 Å². The van der Waals surface area contributed by atoms with Crippen molar-refractivity contribution in [1.29, 1.82) is 0 Å². The van der Waals surface area contributed by atoms with Crippen LogP contribution in [-0.2, 0) is 4.65 Å². The topological polar surface area (TPSA) is 47.3 Å². The average molecular weight is 285 g/mol. The number of aliphatic hydroxyl groups is 1. The Morgan fingerprint density at radius 1 is 1.45 bits per heavy atom. The molecule has 1 unspecified atom stereocenters. The van der Waals surface area contributed by atoms with E-state index in [0.29, 0.717) is 11.2 Å². The quantitative estimate of drug-likeness (QED) is 0.836. The zero-order chi connectivity index (χ0) is 15.3. The van der Waals surface area contributed by atoms with Gasteiger partial charge >= 0.3 is 7.48 Å². The van der Waals surface area contributed by atoms with Gasteiger partial charge in [-0.05, 0) is 40.1 Å². The Balaban J connectivity index is 2.05. The largest absolute Gasteiger partial charge is 0.426 e. The number of nitrogens with zero attached hydrogens (tertiary/aromatic N) is 2. The van der Waals surface area contributed by atoms with Crippen molar-refractivity contribution in [3.8, 4) is 0 Å². The molecule has 0 aromatic carbocycles. The van der Waals surface area contributed by atoms with Crippen molar-refractivity contribution in [3.63, 3.8) is 0 Å². The van der Waals surface area contributed by atoms with Crippen molar-refractivity contribution in [2.24, 2.45) is 0 Å². The van der Waals surface area contributed by atoms with Crippen LogP contribution in [-0.4, -0.2) is 39.5 Å². The van der Waals surface area contributed by atoms with Gasteiger partial charge in [0.05, 0.1) is 11.2 Å². The first-order valence-corrected chi connectivity index (χ1v) is 6.61. The SMILES string of the molecule is Cc1c([B]OC(C)(C)C(C)(C)O)cnn1C1CC1(F)F. The van der Waals surface area contributed by atoms with Crippen LogP contribution in [0.2, 0.25) is 0 Å². The van der Waals surface area contributed by atoms with Gasteiger partial charge in [0.1, 0.15) is 6.04 Å². The van der Waals surface area contributed by atoms with Crippen LogP contribution < -0.4 is 5.46 Å². The fraction of sp³-hybridized carbons (Fsp3) is 0.769. The van der Waals surface area contributed by atoms with Crippen LogP contribution in [0.5, 0.6) is 0 Å². The maximum absolute atomic E-state index is 13.1. The van der Waals surface area contributed by atoms with Crippen LogP contribution in [0, 0.1) is 6.92 Å². The second-order valence-corrected chi connectivity index (χ2v) is 6.42. The smallest absolute Gasteiger partial charge is 0.334 e. The van der Waals surface area contributed by atoms with E-state index in [1.54, 1.807) is 34.6 Å². The lowest BCUT2D eigenvalue weighted by atomic mass is 9.83. The summed E-state index contributed by atoms with van der Waals surface area (Å²) in [5.41, 5.74) is -0.550. The van der Waals surface area contributed by atoms with Crippen molar-refractivity contribution < 1.29 is 18.5 Å². The van der Waals surface area contributed by atoms with Crippen LogP contribution >= 0.6 is 0 Å². The van der Waals surface area contributed by atoms with Crippen molar-refractivity contribution >= 4 is 12.9 Å². The molecule has 1 aliphatic carbocycles. The molecule has 2 rings (SSSR count). The summed E-state index contributed by atoms with van der Waals surface area (Å²) in [4.78, 5) is 0. The van der Waals surface area contributed by atoms with E-state index >= 15 is 0 Å². The Hall–Kier alpha value is -0.945. The molecule has 0 aliphatic heterocycles. The van der Waals surface area contributed by atoms with Crippen LogP contribution in [0.15, 0.2) is 6.20 Å². The fourth-order valence-electron chi connectivity index (χ4n) is 1.69. The van der Waals surface area contributed by atoms with E-state index in [4.69, 9.17) is 4.65 Å². The van der Waals surface area contributed by atoms with Gasteiger partial charge in [-0.15, -0.1) is 0 Å². The molecule has 1 fully saturated rings. The van der Waals surface area contributed by atoms with Crippen molar-refractivity contribution in [2.45, 2.75) is 64.2 Å². The predicted octanol–water partition coefficient (Wildman–Crippen LogP) is 1.58. The fourth-order valence-corrected chi connectivity index (χ4v) is 1.69. The van der Waals surface area contributed by atoms with E-state index in [9.17, 15) is 13.9 Å². The minimum Gasteiger partial charge on any atom is -0.426 e. The molecule has 4 nitrogen and oxygen atoms in total. The third-order valence-corrected chi connectivity index (χ3v) is 4.12. The summed E-state index contributed by atoms with van der Waals surface area (Å²) in [7, 11) is 1.47. The highest BCUT2D eigenvalue weighted by molar-refractivity contribution is 6.47. The minimum absolute atomic E-state index is 0.162. The summed E-state index contributed by atoms with van der Waals surface area (Å²) in [5, 5.41) is 14.0. The molecule has 1 aromatic heterocycles. The first-order valence-electron chi connectivity index (χ1n) is 6.61. The van der Waals surface area contributed by atoms with Gasteiger partial charge < -0.3 is 9.76 Å². The molecule has 1 aliphatic rings. The molecule has 1 radical (unpaired) electrons. The van der Waals surface area contributed by atoms with E-state index in [0.717, 1.165) is 0 Å². The monoisotopic (exact) mass is 285 g/mol. The van der Waals surface area contributed by atoms with Gasteiger partial charge in [0.15, 0.2) is 0 Å². The number of hydrogen-bond donors (Lipinski definition) is 1. The Kier molecular flexibility index (Phi) is 3.50. The number of rotatable bonds is 5. The minimum atomic E-state index is -2.65. The lowest BCUT2D eigenvalue weighted by molar-refractivity contribution is -0.0893. The number of aromatic nitrogens is 2. The highest BCUT2D eigenvalue weighted by Gasteiger charge is 2.59. The first-order chi connectivity index (χ1) is 8.96. The number of alkyl halides is 2. The summed E-state index contributed by atoms with van der Waals surface area (Å²) in [6.07, 6.45) is 1.34. The molecule has 1 saturated carbocycles. The number of hydrogen-bond acceptors (Lipinski definition) is 3. The van der Waals surface area contributed by atoms with E-state index in [2.05, 4.69) is 5.10 Å². The van der Waals surface area contributed by atoms with Crippen LogP contribution in [0.3, 0.4) is 0 Å². The van der Waals surface area contributed by atoms with Gasteiger partial charge in [0.25, 0.3) is 5.92 Å². The Labute approximate surface area is 118 Å². The molecule has 0 saturated heterocycles. The highest BCUT2D eigenvalue weighted by atomic mass is 19.3. The average Bonchev–Trinajstić information content (AvgIpc) is 2.75. The standard InChI is InChI=1S/C13H20BF2N2O2/c1-8-9(14-20-12(4,5)11(2,3)19)7-17-18(8)10-6-13(10,15)16/h7,10,19H,6H2,1-5H3. The lowest BCUT2D eigenvalue weighted by Gasteiger charge is -2.37. The third-order valence-electron chi connectivity index (χ3n) is 4.12. The Morgan fingerprint density at radius 3 is 2.45 bits per heavy atom. The van der Waals surface area contributed by atoms with E-state index < -0.39 is 23.2 Å². The molecule has 20 heavy (non-hydrogen) atoms. The van der Waals surface area contributed by atoms with E-state index in [1.807, 2.05) is 0 Å². The van der Waals surface area contributed by atoms with Gasteiger partial charge in [0, 0.05) is 18.3 Å². The van der Waals surface area contributed by atoms with Crippen molar-refractivity contribution in [3.05, 3.63) is 11.9 Å². The predicted molar refractivity (Wildman–Crippen MR) is 72.4 cm³/mol. The molecule has 0 amide bonds. The molecule has 0 spiro atoms. The summed E-state index contributed by atoms with van der Waals surface area (Å²) in [6, 6.07) is -0.841. The Morgan fingerprint density at radius 2 is 2.00 bits per heavy atom. The van der Waals surface area contributed by atoms with Crippen molar-refractivity contribution in [1.82, 2.24) is 9.78 Å². The van der Waals surface area contributed by atoms with Crippen molar-refractivity contribution in [2.75, 3.05) is 0 Å². The Bertz CT molecular complexity index is 509. The van der Waals surface area contributed by atoms with Gasteiger partial charge in [-0.2, -0.15) is 5.10 Å². The zero-order valence-electron chi connectivity index (χ0n) is 12.4. The zero-order valence-corrected chi connectivity index (χ0v) is 12.4. The molecule has 1 atom stereocenters. The summed E-state index contributed by atoms with van der Waals surface area (Å²) in [5.74, 6) is -2.65. The summed E-state index contributed by atoms with van der Waals surface area (Å²) in [6.45, 7) is 8.56. The molecular formula is C13H20BF2N2O2. The lowest BCUT2D eigenvalue weighted by Crippen LogP contribution is -2.49. The normalized spacial score (nSPS) is 21.9. The molecule has 111 valence electrons. The maximum Gasteiger partial charge on any atom is 0.334 e. The van der Waals surface area contributed by atoms with Crippen LogP contribution in [0.25, 0.3) is 0 Å². The summed E-state index contributed by atoms with van der Waals surface area (Å²) < 4.78 is 33.1. The number of halogens is 2. The first kappa shape index (κ1) is 15.4. The molecule has 0 bridgehead atoms. The molecule has 1 N–H and O–H groups in total. The van der Waals surface area contributed by atoms with Crippen LogP contribution in [0.1, 0.15) is 45.9 Å². The summed E-state index contributed by atoms with van der Waals surface area (Å²) >= 11 is 0.